The van der Waals surface area contributed by atoms with Crippen molar-refractivity contribution >= 4 is 40.7 Å². The van der Waals surface area contributed by atoms with Gasteiger partial charge in [-0.25, -0.2) is 14.6 Å². The monoisotopic (exact) mass is 961 g/mol. The third kappa shape index (κ3) is 9.78. The number of fused-ring (bicyclic) bond motifs is 5. The number of nitrogens with one attached hydrogen (secondary N) is 3. The second-order valence-electron chi connectivity index (χ2n) is 19.7. The van der Waals surface area contributed by atoms with Gasteiger partial charge in [-0.1, -0.05) is 105 Å². The molecule has 71 heavy (non-hydrogen) atoms. The summed E-state index contributed by atoms with van der Waals surface area (Å²) in [6.07, 6.45) is -0.611. The summed E-state index contributed by atoms with van der Waals surface area (Å²) in [5, 5.41) is 20.7. The second kappa shape index (κ2) is 19.6. The molecular weight excluding hydrogens is 903 g/mol. The predicted molar refractivity (Wildman–Crippen MR) is 266 cm³/mol. The molecule has 0 saturated carbocycles. The molecule has 15 heteroatoms. The summed E-state index contributed by atoms with van der Waals surface area (Å²) in [6.45, 7) is 12.1. The van der Waals surface area contributed by atoms with Crippen LogP contribution in [-0.4, -0.2) is 62.7 Å². The zero-order valence-electron chi connectivity index (χ0n) is 41.0. The summed E-state index contributed by atoms with van der Waals surface area (Å²) in [4.78, 5) is 87.0. The highest BCUT2D eigenvalue weighted by Crippen LogP contribution is 2.42. The average molecular weight is 962 g/mol. The minimum absolute atomic E-state index is 0.00983. The van der Waals surface area contributed by atoms with Crippen molar-refractivity contribution in [3.63, 3.8) is 0 Å². The van der Waals surface area contributed by atoms with Gasteiger partial charge in [0.15, 0.2) is 5.60 Å². The second-order valence-corrected chi connectivity index (χ2v) is 19.7. The summed E-state index contributed by atoms with van der Waals surface area (Å²) < 4.78 is 18.3. The van der Waals surface area contributed by atoms with Gasteiger partial charge in [0.05, 0.1) is 40.8 Å². The van der Waals surface area contributed by atoms with Crippen LogP contribution >= 0.6 is 0 Å². The number of aliphatic hydroxyl groups is 1. The van der Waals surface area contributed by atoms with E-state index in [1.54, 1.807) is 70.4 Å². The highest BCUT2D eigenvalue weighted by molar-refractivity contribution is 5.93. The first-order valence-corrected chi connectivity index (χ1v) is 23.9. The number of alkyl carbamates (subject to hydrolysis) is 1. The normalized spacial score (nSPS) is 15.6. The number of nitrogens with zero attached hydrogens (tertiary/aromatic N) is 2. The molecule has 0 unspecified atom stereocenters. The van der Waals surface area contributed by atoms with Crippen molar-refractivity contribution in [3.05, 3.63) is 165 Å². The van der Waals surface area contributed by atoms with Crippen LogP contribution in [-0.2, 0) is 59.4 Å². The van der Waals surface area contributed by atoms with Gasteiger partial charge in [-0.15, -0.1) is 0 Å². The van der Waals surface area contributed by atoms with Crippen molar-refractivity contribution in [2.24, 2.45) is 5.41 Å². The molecule has 8 rings (SSSR count). The molecule has 2 aliphatic heterocycles. The van der Waals surface area contributed by atoms with Crippen LogP contribution in [0.3, 0.4) is 0 Å². The summed E-state index contributed by atoms with van der Waals surface area (Å²) in [6, 6.07) is 34.0. The minimum Gasteiger partial charge on any atom is -0.458 e. The molecule has 0 radical (unpaired) electrons. The Morgan fingerprint density at radius 2 is 1.44 bits per heavy atom. The Labute approximate surface area is 411 Å². The number of ether oxygens (including phenoxy) is 3. The topological polar surface area (TPSA) is 204 Å². The van der Waals surface area contributed by atoms with E-state index < -0.39 is 64.5 Å². The molecule has 3 amide bonds. The highest BCUT2D eigenvalue weighted by Gasteiger charge is 2.46. The first-order valence-electron chi connectivity index (χ1n) is 23.9. The largest absolute Gasteiger partial charge is 0.458 e. The summed E-state index contributed by atoms with van der Waals surface area (Å²) >= 11 is 0. The molecule has 0 saturated heterocycles. The Kier molecular flexibility index (Phi) is 13.8. The fraction of sp³-hybridized carbons (Fsp3) is 0.339. The molecule has 0 fully saturated rings. The Bertz CT molecular complexity index is 3000. The highest BCUT2D eigenvalue weighted by atomic mass is 16.6. The number of benzene rings is 4. The Balaban J connectivity index is 0.983. The van der Waals surface area contributed by atoms with Crippen molar-refractivity contribution in [1.29, 1.82) is 0 Å². The fourth-order valence-electron chi connectivity index (χ4n) is 9.46. The molecule has 2 aromatic heterocycles. The molecule has 0 spiro atoms. The van der Waals surface area contributed by atoms with E-state index in [4.69, 9.17) is 19.2 Å². The molecule has 6 aromatic rings. The molecule has 4 N–H and O–H groups in total. The van der Waals surface area contributed by atoms with Gasteiger partial charge in [0.2, 0.25) is 11.8 Å². The van der Waals surface area contributed by atoms with Crippen LogP contribution in [0.1, 0.15) is 107 Å². The number of amides is 3. The molecule has 0 aliphatic carbocycles. The van der Waals surface area contributed by atoms with Crippen molar-refractivity contribution in [1.82, 2.24) is 25.5 Å². The van der Waals surface area contributed by atoms with Crippen molar-refractivity contribution in [2.75, 3.05) is 6.54 Å². The summed E-state index contributed by atoms with van der Waals surface area (Å²) in [5.74, 6) is -2.27. The Hall–Kier alpha value is -7.65. The third-order valence-corrected chi connectivity index (χ3v) is 13.3. The fourth-order valence-corrected chi connectivity index (χ4v) is 9.46. The van der Waals surface area contributed by atoms with Crippen LogP contribution in [0.25, 0.3) is 22.3 Å². The van der Waals surface area contributed by atoms with Crippen LogP contribution < -0.4 is 26.2 Å². The van der Waals surface area contributed by atoms with E-state index >= 15 is 0 Å². The van der Waals surface area contributed by atoms with Crippen LogP contribution in [0, 0.1) is 5.41 Å². The number of hydrogen-bond acceptors (Lipinski definition) is 11. The maximum atomic E-state index is 14.4. The summed E-state index contributed by atoms with van der Waals surface area (Å²) in [5.41, 5.74) is 0.693. The molecule has 4 heterocycles. The molecule has 2 aliphatic rings. The number of cyclic esters (lactones) is 1. The smallest absolute Gasteiger partial charge is 0.408 e. The number of carbonyl (C=O) groups is 5. The Morgan fingerprint density at radius 1 is 0.831 bits per heavy atom. The van der Waals surface area contributed by atoms with E-state index in [9.17, 15) is 33.9 Å². The third-order valence-electron chi connectivity index (χ3n) is 13.3. The zero-order valence-corrected chi connectivity index (χ0v) is 41.0. The number of esters is 2. The molecule has 4 aromatic carbocycles. The van der Waals surface area contributed by atoms with Gasteiger partial charge in [-0.2, -0.15) is 0 Å². The van der Waals surface area contributed by atoms with Crippen LogP contribution in [0.15, 0.2) is 120 Å². The quantitative estimate of drug-likeness (QED) is 0.0451. The van der Waals surface area contributed by atoms with Crippen molar-refractivity contribution in [2.45, 2.75) is 110 Å². The van der Waals surface area contributed by atoms with Crippen molar-refractivity contribution in [3.8, 4) is 17.1 Å². The van der Waals surface area contributed by atoms with E-state index in [1.165, 1.54) is 0 Å². The van der Waals surface area contributed by atoms with E-state index in [2.05, 4.69) is 16.0 Å². The molecule has 368 valence electrons. The van der Waals surface area contributed by atoms with Crippen LogP contribution in [0.4, 0.5) is 4.79 Å². The lowest BCUT2D eigenvalue weighted by atomic mass is 9.77. The maximum absolute atomic E-state index is 14.4. The average Bonchev–Trinajstić information content (AvgIpc) is 3.72. The van der Waals surface area contributed by atoms with Gasteiger partial charge in [-0.05, 0) is 100 Å². The van der Waals surface area contributed by atoms with Gasteiger partial charge >= 0.3 is 18.0 Å². The number of rotatable bonds is 15. The number of hydrogen-bond donors (Lipinski definition) is 4. The van der Waals surface area contributed by atoms with Gasteiger partial charge in [0.1, 0.15) is 29.5 Å². The lowest BCUT2D eigenvalue weighted by Gasteiger charge is -2.37. The minimum atomic E-state index is -1.95. The lowest BCUT2D eigenvalue weighted by Crippen LogP contribution is -2.53. The Morgan fingerprint density at radius 3 is 2.00 bits per heavy atom. The van der Waals surface area contributed by atoms with Gasteiger partial charge < -0.3 is 39.8 Å². The predicted octanol–water partition coefficient (Wildman–Crippen LogP) is 7.47. The van der Waals surface area contributed by atoms with E-state index in [1.807, 2.05) is 97.9 Å². The van der Waals surface area contributed by atoms with Crippen molar-refractivity contribution < 1.29 is 43.3 Å². The van der Waals surface area contributed by atoms with Gasteiger partial charge in [0, 0.05) is 23.1 Å². The summed E-state index contributed by atoms with van der Waals surface area (Å²) in [7, 11) is 0. The molecule has 0 bridgehead atoms. The number of pyridine rings is 2. The van der Waals surface area contributed by atoms with Gasteiger partial charge in [-0.3, -0.25) is 19.2 Å². The van der Waals surface area contributed by atoms with E-state index in [0.29, 0.717) is 23.3 Å². The number of carbonyl (C=O) groups excluding carboxylic acids is 5. The maximum Gasteiger partial charge on any atom is 0.408 e. The molecule has 2 atom stereocenters. The number of aryl methyl sites for hydroxylation is 1. The molecule has 15 nitrogen and oxygen atoms in total. The van der Waals surface area contributed by atoms with Crippen LogP contribution in [0.5, 0.6) is 5.75 Å². The number of aromatic nitrogens is 2. The zero-order chi connectivity index (χ0) is 50.9. The SMILES string of the molecule is CCc1c2c(nc3ccc(OC(=O)C(C)(C)CCNC(=O)[C@@H](CC(=O)NC(c4ccccc4)(c4ccccc4)c4ccccc4)NC(=O)OC(C)(C)C)cc13)-c1cc3c(c(=O)n1C2)COC(=O)[C@]3(O)CC. The first kappa shape index (κ1) is 49.8. The standard InChI is InChI=1S/C56H59N5O10/c1-8-38-39-29-37(25-26-43(39)58-47-40(38)32-61-45(47)30-42-41(49(61)64)33-69-51(66)55(42,68)9-2)70-50(65)54(6,7)27-28-57-48(63)44(59-52(67)71-53(3,4)5)31-46(62)60-56(34-19-13-10-14-20-34,35-21-15-11-16-22-35)36-23-17-12-18-24-36/h10-26,29-30,44,68H,8-9,27-28,31-33H2,1-7H3,(H,57,63)(H,59,67)(H,60,62)/t44-,55+/m1/s1. The lowest BCUT2D eigenvalue weighted by molar-refractivity contribution is -0.172. The first-order chi connectivity index (χ1) is 33.8. The van der Waals surface area contributed by atoms with E-state index in [-0.39, 0.29) is 55.0 Å². The molecular formula is C56H59N5O10. The van der Waals surface area contributed by atoms with Crippen LogP contribution in [0.2, 0.25) is 0 Å². The van der Waals surface area contributed by atoms with E-state index in [0.717, 1.165) is 33.2 Å². The van der Waals surface area contributed by atoms with Gasteiger partial charge in [0.25, 0.3) is 5.56 Å².